The van der Waals surface area contributed by atoms with Crippen LogP contribution in [-0.4, -0.2) is 15.9 Å². The molecule has 0 radical (unpaired) electrons. The summed E-state index contributed by atoms with van der Waals surface area (Å²) in [4.78, 5) is 25.5. The van der Waals surface area contributed by atoms with E-state index >= 15 is 0 Å². The van der Waals surface area contributed by atoms with E-state index < -0.39 is 0 Å². The molecule has 0 unspecified atom stereocenters. The van der Waals surface area contributed by atoms with E-state index in [1.54, 1.807) is 16.7 Å². The summed E-state index contributed by atoms with van der Waals surface area (Å²) in [6.07, 6.45) is 0. The first-order valence-corrected chi connectivity index (χ1v) is 9.06. The van der Waals surface area contributed by atoms with Crippen LogP contribution in [0.2, 0.25) is 0 Å². The van der Waals surface area contributed by atoms with Gasteiger partial charge in [0.1, 0.15) is 5.03 Å². The van der Waals surface area contributed by atoms with Gasteiger partial charge in [0.15, 0.2) is 5.82 Å². The van der Waals surface area contributed by atoms with Gasteiger partial charge in [0.25, 0.3) is 5.91 Å². The molecule has 124 valence electrons. The molecule has 4 aromatic rings. The van der Waals surface area contributed by atoms with Crippen LogP contribution in [0, 0.1) is 0 Å². The quantitative estimate of drug-likeness (QED) is 0.478. The van der Waals surface area contributed by atoms with E-state index in [1.165, 1.54) is 0 Å². The van der Waals surface area contributed by atoms with E-state index in [1.807, 2.05) is 78.9 Å². The summed E-state index contributed by atoms with van der Waals surface area (Å²) in [7, 11) is 0. The van der Waals surface area contributed by atoms with Crippen LogP contribution in [-0.2, 0) is 0 Å². The summed E-state index contributed by atoms with van der Waals surface area (Å²) in [5, 5.41) is 0.742. The summed E-state index contributed by atoms with van der Waals surface area (Å²) >= 11 is 1.55. The Morgan fingerprint density at radius 1 is 0.769 bits per heavy atom. The number of fused-ring (bicyclic) bond motifs is 3. The Hall–Kier alpha value is -3.18. The highest BCUT2D eigenvalue weighted by Gasteiger charge is 2.31. The number of anilines is 2. The van der Waals surface area contributed by atoms with Crippen molar-refractivity contribution in [3.05, 3.63) is 84.4 Å². The zero-order valence-electron chi connectivity index (χ0n) is 13.7. The minimum absolute atomic E-state index is 0.107. The van der Waals surface area contributed by atoms with Crippen molar-refractivity contribution in [3.8, 4) is 0 Å². The van der Waals surface area contributed by atoms with E-state index in [0.717, 1.165) is 26.6 Å². The van der Waals surface area contributed by atoms with Crippen molar-refractivity contribution in [2.45, 2.75) is 9.92 Å². The van der Waals surface area contributed by atoms with Crippen LogP contribution >= 0.6 is 11.8 Å². The van der Waals surface area contributed by atoms with Crippen molar-refractivity contribution in [2.75, 3.05) is 4.90 Å². The lowest BCUT2D eigenvalue weighted by Crippen LogP contribution is -2.29. The van der Waals surface area contributed by atoms with Crippen LogP contribution in [0.4, 0.5) is 11.5 Å². The molecule has 26 heavy (non-hydrogen) atoms. The van der Waals surface area contributed by atoms with Crippen LogP contribution in [0.5, 0.6) is 0 Å². The third-order valence-corrected chi connectivity index (χ3v) is 5.30. The minimum Gasteiger partial charge on any atom is -0.268 e. The highest BCUT2D eigenvalue weighted by atomic mass is 32.2. The molecule has 0 saturated carbocycles. The zero-order chi connectivity index (χ0) is 17.5. The molecule has 3 aromatic carbocycles. The molecule has 5 heteroatoms. The van der Waals surface area contributed by atoms with Crippen molar-refractivity contribution >= 4 is 40.2 Å². The molecule has 1 amide bonds. The number of amides is 1. The number of para-hydroxylation sites is 3. The van der Waals surface area contributed by atoms with Gasteiger partial charge in [0.2, 0.25) is 0 Å². The number of carbonyl (C=O) groups is 1. The van der Waals surface area contributed by atoms with Crippen LogP contribution < -0.4 is 4.90 Å². The highest BCUT2D eigenvalue weighted by Crippen LogP contribution is 2.47. The maximum absolute atomic E-state index is 13.3. The fourth-order valence-corrected chi connectivity index (χ4v) is 4.04. The van der Waals surface area contributed by atoms with Gasteiger partial charge in [-0.3, -0.25) is 9.69 Å². The predicted octanol–water partition coefficient (Wildman–Crippen LogP) is 5.07. The number of rotatable bonds is 1. The Morgan fingerprint density at radius 2 is 1.42 bits per heavy atom. The van der Waals surface area contributed by atoms with Gasteiger partial charge < -0.3 is 0 Å². The number of aromatic nitrogens is 2. The lowest BCUT2D eigenvalue weighted by atomic mass is 10.1. The molecule has 0 N–H and O–H groups in total. The van der Waals surface area contributed by atoms with Crippen LogP contribution in [0.15, 0.2) is 88.8 Å². The lowest BCUT2D eigenvalue weighted by molar-refractivity contribution is 0.0997. The third kappa shape index (κ3) is 2.36. The Bertz CT molecular complexity index is 1140. The van der Waals surface area contributed by atoms with Crippen molar-refractivity contribution in [1.82, 2.24) is 9.97 Å². The van der Waals surface area contributed by atoms with Gasteiger partial charge in [-0.05, 0) is 36.4 Å². The highest BCUT2D eigenvalue weighted by molar-refractivity contribution is 7.99. The molecule has 0 bridgehead atoms. The second kappa shape index (κ2) is 5.97. The number of benzene rings is 3. The van der Waals surface area contributed by atoms with E-state index in [-0.39, 0.29) is 5.91 Å². The van der Waals surface area contributed by atoms with Crippen molar-refractivity contribution in [3.63, 3.8) is 0 Å². The summed E-state index contributed by atoms with van der Waals surface area (Å²) in [6, 6.07) is 24.9. The molecular weight excluding hydrogens is 342 g/mol. The molecule has 0 saturated heterocycles. The second-order valence-electron chi connectivity index (χ2n) is 5.92. The Kier molecular flexibility index (Phi) is 3.47. The summed E-state index contributed by atoms with van der Waals surface area (Å²) in [5.74, 6) is 0.477. The number of carbonyl (C=O) groups excluding carboxylic acids is 1. The van der Waals surface area contributed by atoms with Crippen molar-refractivity contribution in [1.29, 1.82) is 0 Å². The van der Waals surface area contributed by atoms with Crippen molar-refractivity contribution < 1.29 is 4.79 Å². The first-order chi connectivity index (χ1) is 12.8. The average Bonchev–Trinajstić information content (AvgIpc) is 2.70. The van der Waals surface area contributed by atoms with Gasteiger partial charge in [-0.1, -0.05) is 54.2 Å². The SMILES string of the molecule is O=C(c1ccccc1)N1c2ccccc2Sc2nc3ccccc3nc21. The average molecular weight is 355 g/mol. The maximum Gasteiger partial charge on any atom is 0.264 e. The Morgan fingerprint density at radius 3 is 2.23 bits per heavy atom. The van der Waals surface area contributed by atoms with Crippen LogP contribution in [0.25, 0.3) is 11.0 Å². The normalized spacial score (nSPS) is 12.5. The molecule has 5 rings (SSSR count). The van der Waals surface area contributed by atoms with Gasteiger partial charge in [0.05, 0.1) is 16.7 Å². The van der Waals surface area contributed by atoms with Gasteiger partial charge in [0, 0.05) is 10.5 Å². The molecule has 4 nitrogen and oxygen atoms in total. The van der Waals surface area contributed by atoms with Gasteiger partial charge in [-0.25, -0.2) is 9.97 Å². The van der Waals surface area contributed by atoms with E-state index in [0.29, 0.717) is 11.4 Å². The molecular formula is C21H13N3OS. The standard InChI is InChI=1S/C21H13N3OS/c25-21(14-8-2-1-3-9-14)24-17-12-6-7-13-18(17)26-20-19(24)22-15-10-4-5-11-16(15)23-20/h1-13H. The summed E-state index contributed by atoms with van der Waals surface area (Å²) in [6.45, 7) is 0. The third-order valence-electron chi connectivity index (χ3n) is 4.27. The number of nitrogens with zero attached hydrogens (tertiary/aromatic N) is 3. The lowest BCUT2D eigenvalue weighted by Gasteiger charge is -2.29. The minimum atomic E-state index is -0.107. The van der Waals surface area contributed by atoms with E-state index in [4.69, 9.17) is 9.97 Å². The van der Waals surface area contributed by atoms with Crippen LogP contribution in [0.3, 0.4) is 0 Å². The van der Waals surface area contributed by atoms with Gasteiger partial charge >= 0.3 is 0 Å². The molecule has 0 aliphatic carbocycles. The molecule has 0 fully saturated rings. The molecule has 1 aromatic heterocycles. The smallest absolute Gasteiger partial charge is 0.264 e. The van der Waals surface area contributed by atoms with Crippen molar-refractivity contribution in [2.24, 2.45) is 0 Å². The van der Waals surface area contributed by atoms with Crippen LogP contribution in [0.1, 0.15) is 10.4 Å². The Labute approximate surface area is 154 Å². The summed E-state index contributed by atoms with van der Waals surface area (Å²) in [5.41, 5.74) is 3.06. The summed E-state index contributed by atoms with van der Waals surface area (Å²) < 4.78 is 0. The largest absolute Gasteiger partial charge is 0.268 e. The molecule has 0 spiro atoms. The first kappa shape index (κ1) is 15.1. The molecule has 0 atom stereocenters. The number of hydrogen-bond acceptors (Lipinski definition) is 4. The second-order valence-corrected chi connectivity index (χ2v) is 6.95. The molecule has 2 heterocycles. The van der Waals surface area contributed by atoms with E-state index in [9.17, 15) is 4.79 Å². The van der Waals surface area contributed by atoms with E-state index in [2.05, 4.69) is 0 Å². The van der Waals surface area contributed by atoms with Gasteiger partial charge in [-0.2, -0.15) is 0 Å². The van der Waals surface area contributed by atoms with Gasteiger partial charge in [-0.15, -0.1) is 0 Å². The predicted molar refractivity (Wildman–Crippen MR) is 103 cm³/mol. The zero-order valence-corrected chi connectivity index (χ0v) is 14.5. The Balaban J connectivity index is 1.75. The maximum atomic E-state index is 13.3. The fraction of sp³-hybridized carbons (Fsp3) is 0. The number of hydrogen-bond donors (Lipinski definition) is 0. The first-order valence-electron chi connectivity index (χ1n) is 8.24. The fourth-order valence-electron chi connectivity index (χ4n) is 3.05. The topological polar surface area (TPSA) is 46.1 Å². The monoisotopic (exact) mass is 355 g/mol. The molecule has 1 aliphatic heterocycles. The molecule has 1 aliphatic rings.